The van der Waals surface area contributed by atoms with E-state index >= 15 is 0 Å². The number of ether oxygens (including phenoxy) is 1. The summed E-state index contributed by atoms with van der Waals surface area (Å²) in [5.74, 6) is 0.362. The van der Waals surface area contributed by atoms with E-state index in [4.69, 9.17) is 21.3 Å². The van der Waals surface area contributed by atoms with Crippen molar-refractivity contribution < 1.29 is 22.7 Å². The van der Waals surface area contributed by atoms with Gasteiger partial charge in [0.15, 0.2) is 5.65 Å². The van der Waals surface area contributed by atoms with Gasteiger partial charge in [0, 0.05) is 43.0 Å². The molecule has 216 valence electrons. The molecule has 0 aliphatic carbocycles. The summed E-state index contributed by atoms with van der Waals surface area (Å²) < 4.78 is 33.0. The van der Waals surface area contributed by atoms with Crippen LogP contribution >= 0.6 is 11.6 Å². The largest absolute Gasteiger partial charge is 0.444 e. The minimum absolute atomic E-state index is 0.0407. The second-order valence-electron chi connectivity index (χ2n) is 11.0. The first-order valence-corrected chi connectivity index (χ1v) is 14.9. The molecule has 0 saturated carbocycles. The fourth-order valence-electron chi connectivity index (χ4n) is 4.31. The van der Waals surface area contributed by atoms with Gasteiger partial charge in [0.25, 0.3) is 5.91 Å². The zero-order valence-corrected chi connectivity index (χ0v) is 25.1. The predicted molar refractivity (Wildman–Crippen MR) is 154 cm³/mol. The van der Waals surface area contributed by atoms with Crippen molar-refractivity contribution in [2.24, 2.45) is 0 Å². The standard InChI is InChI=1S/C26H34ClN7O5S/c1-15-12-34-22(29-23(15)33-13-18(14-33)28-25(36)39-26(3,4)5)11-21(30-34)16(2)32(6)24(35)19-10-17(27)8-9-20(19)31-40(7,37)38/h8-12,16,18,31H,13-14H2,1-7H3,(H,28,36)/t16-/m0/s1. The molecule has 0 bridgehead atoms. The number of hydrogen-bond donors (Lipinski definition) is 2. The number of fused-ring (bicyclic) bond motifs is 1. The molecule has 2 amide bonds. The first kappa shape index (κ1) is 29.4. The smallest absolute Gasteiger partial charge is 0.407 e. The number of benzene rings is 1. The van der Waals surface area contributed by atoms with E-state index in [1.165, 1.54) is 23.1 Å². The zero-order chi connectivity index (χ0) is 29.6. The molecule has 3 heterocycles. The minimum atomic E-state index is -3.61. The number of aromatic nitrogens is 3. The van der Waals surface area contributed by atoms with E-state index in [9.17, 15) is 18.0 Å². The zero-order valence-electron chi connectivity index (χ0n) is 23.5. The number of aryl methyl sites for hydroxylation is 1. The summed E-state index contributed by atoms with van der Waals surface area (Å²) in [6.07, 6.45) is 2.44. The summed E-state index contributed by atoms with van der Waals surface area (Å²) in [4.78, 5) is 33.8. The summed E-state index contributed by atoms with van der Waals surface area (Å²) in [6.45, 7) is 10.4. The van der Waals surface area contributed by atoms with E-state index in [2.05, 4.69) is 20.0 Å². The van der Waals surface area contributed by atoms with Crippen molar-refractivity contribution in [2.75, 3.05) is 36.0 Å². The number of anilines is 2. The van der Waals surface area contributed by atoms with Gasteiger partial charge in [-0.15, -0.1) is 0 Å². The molecule has 1 aliphatic heterocycles. The van der Waals surface area contributed by atoms with Crippen LogP contribution in [0.15, 0.2) is 30.5 Å². The summed E-state index contributed by atoms with van der Waals surface area (Å²) >= 11 is 6.12. The van der Waals surface area contributed by atoms with Gasteiger partial charge in [0.05, 0.1) is 35.3 Å². The average Bonchev–Trinajstić information content (AvgIpc) is 3.21. The van der Waals surface area contributed by atoms with Crippen LogP contribution in [-0.4, -0.2) is 78.0 Å². The highest BCUT2D eigenvalue weighted by Crippen LogP contribution is 2.28. The maximum Gasteiger partial charge on any atom is 0.407 e. The Morgan fingerprint density at radius 1 is 1.23 bits per heavy atom. The highest BCUT2D eigenvalue weighted by molar-refractivity contribution is 7.92. The topological polar surface area (TPSA) is 138 Å². The van der Waals surface area contributed by atoms with Crippen LogP contribution in [-0.2, 0) is 14.8 Å². The van der Waals surface area contributed by atoms with Crippen molar-refractivity contribution in [3.05, 3.63) is 52.3 Å². The highest BCUT2D eigenvalue weighted by atomic mass is 35.5. The summed E-state index contributed by atoms with van der Waals surface area (Å²) in [6, 6.07) is 5.70. The molecule has 2 N–H and O–H groups in total. The number of sulfonamides is 1. The van der Waals surface area contributed by atoms with Gasteiger partial charge in [0.1, 0.15) is 11.4 Å². The minimum Gasteiger partial charge on any atom is -0.444 e. The maximum atomic E-state index is 13.4. The Kier molecular flexibility index (Phi) is 7.92. The van der Waals surface area contributed by atoms with Crippen LogP contribution < -0.4 is 14.9 Å². The molecule has 12 nitrogen and oxygen atoms in total. The molecule has 1 atom stereocenters. The Morgan fingerprint density at radius 3 is 2.52 bits per heavy atom. The molecular formula is C26H34ClN7O5S. The van der Waals surface area contributed by atoms with Crippen LogP contribution in [0, 0.1) is 6.92 Å². The van der Waals surface area contributed by atoms with Gasteiger partial charge in [-0.3, -0.25) is 9.52 Å². The Hall–Kier alpha value is -3.58. The fourth-order valence-corrected chi connectivity index (χ4v) is 5.06. The van der Waals surface area contributed by atoms with Crippen LogP contribution in [0.1, 0.15) is 55.4 Å². The van der Waals surface area contributed by atoms with Gasteiger partial charge in [-0.25, -0.2) is 22.7 Å². The average molecular weight is 592 g/mol. The van der Waals surface area contributed by atoms with Crippen LogP contribution in [0.5, 0.6) is 0 Å². The molecule has 0 radical (unpaired) electrons. The lowest BCUT2D eigenvalue weighted by atomic mass is 10.1. The fraction of sp³-hybridized carbons (Fsp3) is 0.462. The van der Waals surface area contributed by atoms with Gasteiger partial charge >= 0.3 is 6.09 Å². The number of carbonyl (C=O) groups is 2. The van der Waals surface area contributed by atoms with E-state index in [0.717, 1.165) is 17.6 Å². The van der Waals surface area contributed by atoms with Crippen LogP contribution in [0.2, 0.25) is 5.02 Å². The number of hydrogen-bond acceptors (Lipinski definition) is 8. The van der Waals surface area contributed by atoms with Gasteiger partial charge in [0.2, 0.25) is 10.0 Å². The Bertz CT molecular complexity index is 1560. The second-order valence-corrected chi connectivity index (χ2v) is 13.2. The van der Waals surface area contributed by atoms with Crippen molar-refractivity contribution in [1.29, 1.82) is 0 Å². The van der Waals surface area contributed by atoms with Crippen molar-refractivity contribution in [2.45, 2.75) is 52.3 Å². The van der Waals surface area contributed by atoms with Gasteiger partial charge < -0.3 is 19.9 Å². The third kappa shape index (κ3) is 6.76. The SMILES string of the molecule is Cc1cn2nc([C@H](C)N(C)C(=O)c3cc(Cl)ccc3NS(C)(=O)=O)cc2nc1N1CC(NC(=O)OC(C)(C)C)C1. The molecule has 4 rings (SSSR count). The Morgan fingerprint density at radius 2 is 1.90 bits per heavy atom. The van der Waals surface area contributed by atoms with E-state index in [1.54, 1.807) is 17.6 Å². The third-order valence-corrected chi connectivity index (χ3v) is 7.19. The molecule has 0 spiro atoms. The van der Waals surface area contributed by atoms with E-state index < -0.39 is 33.7 Å². The first-order valence-electron chi connectivity index (χ1n) is 12.7. The lowest BCUT2D eigenvalue weighted by Crippen LogP contribution is -2.60. The summed E-state index contributed by atoms with van der Waals surface area (Å²) in [5, 5.41) is 7.81. The lowest BCUT2D eigenvalue weighted by Gasteiger charge is -2.41. The molecule has 0 unspecified atom stereocenters. The van der Waals surface area contributed by atoms with Crippen molar-refractivity contribution in [1.82, 2.24) is 24.8 Å². The molecule has 1 saturated heterocycles. The van der Waals surface area contributed by atoms with E-state index in [1.807, 2.05) is 40.8 Å². The molecule has 2 aromatic heterocycles. The number of nitrogens with zero attached hydrogens (tertiary/aromatic N) is 5. The van der Waals surface area contributed by atoms with Gasteiger partial charge in [-0.1, -0.05) is 11.6 Å². The molecule has 40 heavy (non-hydrogen) atoms. The molecule has 1 aromatic carbocycles. The number of rotatable bonds is 7. The number of halogens is 1. The molecule has 3 aromatic rings. The Balaban J connectivity index is 1.49. The second kappa shape index (κ2) is 10.8. The first-order chi connectivity index (χ1) is 18.5. The molecule has 14 heteroatoms. The van der Waals surface area contributed by atoms with Crippen molar-refractivity contribution in [3.8, 4) is 0 Å². The predicted octanol–water partition coefficient (Wildman–Crippen LogP) is 3.61. The van der Waals surface area contributed by atoms with Crippen LogP contribution in [0.25, 0.3) is 5.65 Å². The number of alkyl carbamates (subject to hydrolysis) is 1. The maximum absolute atomic E-state index is 13.4. The monoisotopic (exact) mass is 591 g/mol. The van der Waals surface area contributed by atoms with Gasteiger partial charge in [-0.2, -0.15) is 5.10 Å². The lowest BCUT2D eigenvalue weighted by molar-refractivity contribution is 0.0495. The third-order valence-electron chi connectivity index (χ3n) is 6.36. The van der Waals surface area contributed by atoms with Crippen LogP contribution in [0.4, 0.5) is 16.3 Å². The number of nitrogens with one attached hydrogen (secondary N) is 2. The quantitative estimate of drug-likeness (QED) is 0.425. The molecular weight excluding hydrogens is 558 g/mol. The van der Waals surface area contributed by atoms with Crippen molar-refractivity contribution in [3.63, 3.8) is 0 Å². The number of carbonyl (C=O) groups excluding carboxylic acids is 2. The summed E-state index contributed by atoms with van der Waals surface area (Å²) in [5.41, 5.74) is 1.82. The van der Waals surface area contributed by atoms with E-state index in [-0.39, 0.29) is 17.3 Å². The normalized spacial score (nSPS) is 14.9. The van der Waals surface area contributed by atoms with E-state index in [0.29, 0.717) is 29.5 Å². The highest BCUT2D eigenvalue weighted by Gasteiger charge is 2.32. The van der Waals surface area contributed by atoms with Crippen LogP contribution in [0.3, 0.4) is 0 Å². The van der Waals surface area contributed by atoms with Gasteiger partial charge in [-0.05, 0) is 52.8 Å². The molecule has 1 aliphatic rings. The molecule has 1 fully saturated rings. The summed E-state index contributed by atoms with van der Waals surface area (Å²) in [7, 11) is -1.99. The number of amides is 2. The Labute approximate surface area is 238 Å². The van der Waals surface area contributed by atoms with Crippen molar-refractivity contribution >= 4 is 50.8 Å².